The molecule has 2 aromatic carbocycles. The molecule has 21 heavy (non-hydrogen) atoms. The average Bonchev–Trinajstić information content (AvgIpc) is 2.44. The van der Waals surface area contributed by atoms with Crippen molar-refractivity contribution in [3.05, 3.63) is 68.9 Å². The molecule has 1 N–H and O–H groups in total. The van der Waals surface area contributed by atoms with Crippen LogP contribution in [0, 0.1) is 5.82 Å². The molecule has 2 aromatic rings. The highest BCUT2D eigenvalue weighted by molar-refractivity contribution is 9.10. The van der Waals surface area contributed by atoms with Crippen molar-refractivity contribution in [2.24, 2.45) is 0 Å². The topological polar surface area (TPSA) is 12.0 Å². The third-order valence-electron chi connectivity index (χ3n) is 3.37. The zero-order valence-corrected chi connectivity index (χ0v) is 14.2. The van der Waals surface area contributed by atoms with E-state index in [-0.39, 0.29) is 11.9 Å². The van der Waals surface area contributed by atoms with Gasteiger partial charge in [0.1, 0.15) is 5.82 Å². The maximum Gasteiger partial charge on any atom is 0.127 e. The summed E-state index contributed by atoms with van der Waals surface area (Å²) in [6.45, 7) is 2.92. The molecule has 0 saturated heterocycles. The quantitative estimate of drug-likeness (QED) is 0.754. The van der Waals surface area contributed by atoms with Gasteiger partial charge in [0, 0.05) is 15.5 Å². The van der Waals surface area contributed by atoms with Crippen LogP contribution in [0.5, 0.6) is 0 Å². The summed E-state index contributed by atoms with van der Waals surface area (Å²) in [7, 11) is 0. The summed E-state index contributed by atoms with van der Waals surface area (Å²) >= 11 is 9.23. The normalized spacial score (nSPS) is 12.4. The van der Waals surface area contributed by atoms with Gasteiger partial charge in [-0.25, -0.2) is 4.39 Å². The van der Waals surface area contributed by atoms with E-state index in [1.807, 2.05) is 12.1 Å². The lowest BCUT2D eigenvalue weighted by atomic mass is 9.98. The van der Waals surface area contributed by atoms with Crippen LogP contribution < -0.4 is 5.32 Å². The Kier molecular flexibility index (Phi) is 6.22. The zero-order chi connectivity index (χ0) is 15.2. The lowest BCUT2D eigenvalue weighted by Gasteiger charge is -2.18. The average molecular weight is 371 g/mol. The highest BCUT2D eigenvalue weighted by atomic mass is 79.9. The fourth-order valence-electron chi connectivity index (χ4n) is 2.36. The monoisotopic (exact) mass is 369 g/mol. The number of nitrogens with one attached hydrogen (secondary N) is 1. The predicted octanol–water partition coefficient (Wildman–Crippen LogP) is 5.00. The zero-order valence-electron chi connectivity index (χ0n) is 11.9. The van der Waals surface area contributed by atoms with E-state index in [1.165, 1.54) is 11.6 Å². The second kappa shape index (κ2) is 7.92. The summed E-state index contributed by atoms with van der Waals surface area (Å²) < 4.78 is 15.0. The molecule has 2 rings (SSSR count). The molecular formula is C17H18BrClFN. The Morgan fingerprint density at radius 1 is 1.14 bits per heavy atom. The minimum atomic E-state index is -0.235. The minimum Gasteiger partial charge on any atom is -0.314 e. The van der Waals surface area contributed by atoms with Crippen LogP contribution in [0.3, 0.4) is 0 Å². The van der Waals surface area contributed by atoms with E-state index in [2.05, 4.69) is 40.3 Å². The second-order valence-electron chi connectivity index (χ2n) is 5.03. The fourth-order valence-corrected chi connectivity index (χ4v) is 2.79. The van der Waals surface area contributed by atoms with E-state index < -0.39 is 0 Å². The number of likely N-dealkylation sites (N-methyl/N-ethyl adjacent to an activating group) is 1. The molecule has 1 unspecified atom stereocenters. The van der Waals surface area contributed by atoms with Gasteiger partial charge in [0.25, 0.3) is 0 Å². The van der Waals surface area contributed by atoms with Crippen LogP contribution in [-0.4, -0.2) is 12.6 Å². The van der Waals surface area contributed by atoms with Crippen LogP contribution in [0.1, 0.15) is 18.1 Å². The van der Waals surface area contributed by atoms with Gasteiger partial charge in [0.15, 0.2) is 0 Å². The Morgan fingerprint density at radius 2 is 1.86 bits per heavy atom. The third kappa shape index (κ3) is 5.10. The summed E-state index contributed by atoms with van der Waals surface area (Å²) in [4.78, 5) is 0. The number of benzene rings is 2. The highest BCUT2D eigenvalue weighted by Gasteiger charge is 2.12. The van der Waals surface area contributed by atoms with Gasteiger partial charge in [-0.3, -0.25) is 0 Å². The lowest BCUT2D eigenvalue weighted by molar-refractivity contribution is 0.506. The summed E-state index contributed by atoms with van der Waals surface area (Å²) in [5.74, 6) is -0.235. The molecule has 0 aliphatic rings. The van der Waals surface area contributed by atoms with Crippen LogP contribution in [0.15, 0.2) is 46.9 Å². The Balaban J connectivity index is 2.09. The van der Waals surface area contributed by atoms with E-state index in [9.17, 15) is 4.39 Å². The molecule has 112 valence electrons. The Morgan fingerprint density at radius 3 is 2.48 bits per heavy atom. The summed E-state index contributed by atoms with van der Waals surface area (Å²) in [6.07, 6.45) is 1.51. The van der Waals surface area contributed by atoms with Gasteiger partial charge in [-0.2, -0.15) is 0 Å². The van der Waals surface area contributed by atoms with Gasteiger partial charge in [0.05, 0.1) is 0 Å². The molecule has 1 nitrogen and oxygen atoms in total. The van der Waals surface area contributed by atoms with Crippen molar-refractivity contribution in [2.75, 3.05) is 6.54 Å². The molecule has 0 aliphatic heterocycles. The van der Waals surface area contributed by atoms with Crippen LogP contribution in [0.2, 0.25) is 5.02 Å². The first-order valence-electron chi connectivity index (χ1n) is 7.00. The van der Waals surface area contributed by atoms with E-state index in [4.69, 9.17) is 11.6 Å². The third-order valence-corrected chi connectivity index (χ3v) is 4.13. The first kappa shape index (κ1) is 16.5. The summed E-state index contributed by atoms with van der Waals surface area (Å²) in [6, 6.07) is 13.3. The summed E-state index contributed by atoms with van der Waals surface area (Å²) in [5.41, 5.74) is 1.93. The van der Waals surface area contributed by atoms with Crippen molar-refractivity contribution in [3.8, 4) is 0 Å². The molecule has 0 saturated carbocycles. The molecule has 0 bridgehead atoms. The van der Waals surface area contributed by atoms with Gasteiger partial charge in [-0.1, -0.05) is 52.7 Å². The van der Waals surface area contributed by atoms with E-state index >= 15 is 0 Å². The molecule has 4 heteroatoms. The predicted molar refractivity (Wildman–Crippen MR) is 90.4 cm³/mol. The number of rotatable bonds is 6. The highest BCUT2D eigenvalue weighted by Crippen LogP contribution is 2.18. The van der Waals surface area contributed by atoms with Gasteiger partial charge in [-0.05, 0) is 54.8 Å². The number of halogens is 3. The summed E-state index contributed by atoms with van der Waals surface area (Å²) in [5, 5.41) is 3.86. The van der Waals surface area contributed by atoms with Crippen molar-refractivity contribution in [3.63, 3.8) is 0 Å². The van der Waals surface area contributed by atoms with Crippen LogP contribution >= 0.6 is 27.5 Å². The molecule has 1 atom stereocenters. The molecule has 0 heterocycles. The fraction of sp³-hybridized carbons (Fsp3) is 0.294. The molecule has 0 aliphatic carbocycles. The maximum absolute atomic E-state index is 13.9. The van der Waals surface area contributed by atoms with E-state index in [0.29, 0.717) is 17.0 Å². The first-order valence-corrected chi connectivity index (χ1v) is 8.17. The van der Waals surface area contributed by atoms with Crippen molar-refractivity contribution in [2.45, 2.75) is 25.8 Å². The Bertz CT molecular complexity index is 586. The molecule has 0 aromatic heterocycles. The SMILES string of the molecule is CCNC(Cc1ccc(Br)cc1)Cc1ccc(Cl)cc1F. The Hall–Kier alpha value is -0.900. The van der Waals surface area contributed by atoms with Gasteiger partial charge < -0.3 is 5.32 Å². The van der Waals surface area contributed by atoms with Gasteiger partial charge in [-0.15, -0.1) is 0 Å². The second-order valence-corrected chi connectivity index (χ2v) is 6.38. The van der Waals surface area contributed by atoms with Crippen LogP contribution in [0.4, 0.5) is 4.39 Å². The van der Waals surface area contributed by atoms with Crippen molar-refractivity contribution < 1.29 is 4.39 Å². The molecule has 0 spiro atoms. The largest absolute Gasteiger partial charge is 0.314 e. The first-order chi connectivity index (χ1) is 10.1. The lowest BCUT2D eigenvalue weighted by Crippen LogP contribution is -2.33. The molecular weight excluding hydrogens is 353 g/mol. The van der Waals surface area contributed by atoms with Gasteiger partial charge in [0.2, 0.25) is 0 Å². The maximum atomic E-state index is 13.9. The van der Waals surface area contributed by atoms with Crippen LogP contribution in [-0.2, 0) is 12.8 Å². The molecule has 0 radical (unpaired) electrons. The number of hydrogen-bond donors (Lipinski definition) is 1. The standard InChI is InChI=1S/C17H18BrClFN/c1-2-21-16(9-12-3-6-14(18)7-4-12)10-13-5-8-15(19)11-17(13)20/h3-8,11,16,21H,2,9-10H2,1H3. The molecule has 0 fully saturated rings. The Labute approximate surface area is 138 Å². The number of hydrogen-bond acceptors (Lipinski definition) is 1. The minimum absolute atomic E-state index is 0.201. The van der Waals surface area contributed by atoms with E-state index in [1.54, 1.807) is 12.1 Å². The van der Waals surface area contributed by atoms with Crippen molar-refractivity contribution >= 4 is 27.5 Å². The van der Waals surface area contributed by atoms with Crippen molar-refractivity contribution in [1.29, 1.82) is 0 Å². The van der Waals surface area contributed by atoms with Crippen LogP contribution in [0.25, 0.3) is 0 Å². The van der Waals surface area contributed by atoms with Crippen molar-refractivity contribution in [1.82, 2.24) is 5.32 Å². The smallest absolute Gasteiger partial charge is 0.127 e. The van der Waals surface area contributed by atoms with Gasteiger partial charge >= 0.3 is 0 Å². The molecule has 0 amide bonds. The van der Waals surface area contributed by atoms with E-state index in [0.717, 1.165) is 17.4 Å².